The number of ketones is 1. The molecule has 12 heavy (non-hydrogen) atoms. The maximum Gasteiger partial charge on any atom is 0.160 e. The summed E-state index contributed by atoms with van der Waals surface area (Å²) in [4.78, 5) is 11.0. The number of aryl methyl sites for hydroxylation is 1. The van der Waals surface area contributed by atoms with E-state index < -0.39 is 0 Å². The second-order valence-electron chi connectivity index (χ2n) is 2.64. The van der Waals surface area contributed by atoms with Gasteiger partial charge in [0.05, 0.1) is 0 Å². The Morgan fingerprint density at radius 2 is 2.08 bits per heavy atom. The van der Waals surface area contributed by atoms with Gasteiger partial charge in [-0.1, -0.05) is 0 Å². The second-order valence-corrected chi connectivity index (χ2v) is 3.80. The summed E-state index contributed by atoms with van der Waals surface area (Å²) in [6.45, 7) is 3.12. The Hall–Kier alpha value is -0.450. The zero-order valence-corrected chi connectivity index (χ0v) is 8.98. The maximum atomic E-state index is 13.0. The van der Waals surface area contributed by atoms with E-state index in [4.69, 9.17) is 0 Å². The molecule has 0 spiro atoms. The third-order valence-electron chi connectivity index (χ3n) is 1.63. The average molecular weight is 278 g/mol. The van der Waals surface area contributed by atoms with E-state index in [2.05, 4.69) is 0 Å². The quantitative estimate of drug-likeness (QED) is 0.570. The van der Waals surface area contributed by atoms with E-state index in [9.17, 15) is 9.18 Å². The molecule has 0 aliphatic carbocycles. The summed E-state index contributed by atoms with van der Waals surface area (Å²) in [5, 5.41) is 0. The standard InChI is InChI=1S/C9H8FIO/c1-5-3-9(11)7(6(2)12)4-8(5)10/h3-4H,1-2H3. The third kappa shape index (κ3) is 1.83. The van der Waals surface area contributed by atoms with Crippen molar-refractivity contribution in [1.82, 2.24) is 0 Å². The molecule has 0 saturated heterocycles. The molecule has 0 N–H and O–H groups in total. The van der Waals surface area contributed by atoms with E-state index in [0.717, 1.165) is 3.57 Å². The topological polar surface area (TPSA) is 17.1 Å². The van der Waals surface area contributed by atoms with Gasteiger partial charge >= 0.3 is 0 Å². The predicted molar refractivity (Wildman–Crippen MR) is 53.9 cm³/mol. The fourth-order valence-electron chi connectivity index (χ4n) is 0.916. The molecule has 3 heteroatoms. The van der Waals surface area contributed by atoms with Crippen molar-refractivity contribution < 1.29 is 9.18 Å². The minimum Gasteiger partial charge on any atom is -0.294 e. The molecule has 0 bridgehead atoms. The Labute approximate surface area is 84.1 Å². The van der Waals surface area contributed by atoms with Crippen LogP contribution in [0.25, 0.3) is 0 Å². The van der Waals surface area contributed by atoms with Crippen molar-refractivity contribution in [2.24, 2.45) is 0 Å². The lowest BCUT2D eigenvalue weighted by atomic mass is 10.1. The molecule has 1 aromatic carbocycles. The van der Waals surface area contributed by atoms with Crippen molar-refractivity contribution in [1.29, 1.82) is 0 Å². The number of hydrogen-bond donors (Lipinski definition) is 0. The molecule has 0 heterocycles. The zero-order valence-electron chi connectivity index (χ0n) is 6.82. The highest BCUT2D eigenvalue weighted by Gasteiger charge is 2.08. The lowest BCUT2D eigenvalue weighted by Crippen LogP contribution is -1.98. The van der Waals surface area contributed by atoms with Gasteiger partial charge in [0.25, 0.3) is 0 Å². The van der Waals surface area contributed by atoms with Crippen molar-refractivity contribution in [2.75, 3.05) is 0 Å². The molecule has 0 aliphatic rings. The minimum atomic E-state index is -0.319. The van der Waals surface area contributed by atoms with Gasteiger partial charge in [0.2, 0.25) is 0 Å². The SMILES string of the molecule is CC(=O)c1cc(F)c(C)cc1I. The average Bonchev–Trinajstić information content (AvgIpc) is 1.96. The molecular weight excluding hydrogens is 270 g/mol. The summed E-state index contributed by atoms with van der Waals surface area (Å²) in [7, 11) is 0. The lowest BCUT2D eigenvalue weighted by Gasteiger charge is -2.02. The summed E-state index contributed by atoms with van der Waals surface area (Å²) >= 11 is 2.03. The van der Waals surface area contributed by atoms with Gasteiger partial charge < -0.3 is 0 Å². The first-order chi connectivity index (χ1) is 5.52. The van der Waals surface area contributed by atoms with E-state index >= 15 is 0 Å². The normalized spacial score (nSPS) is 10.0. The molecule has 64 valence electrons. The van der Waals surface area contributed by atoms with Crippen LogP contribution in [0.15, 0.2) is 12.1 Å². The number of carbonyl (C=O) groups is 1. The number of carbonyl (C=O) groups excluding carboxylic acids is 1. The van der Waals surface area contributed by atoms with E-state index in [0.29, 0.717) is 11.1 Å². The summed E-state index contributed by atoms with van der Waals surface area (Å²) in [6, 6.07) is 2.96. The van der Waals surface area contributed by atoms with Gasteiger partial charge in [-0.2, -0.15) is 0 Å². The number of halogens is 2. The summed E-state index contributed by atoms with van der Waals surface area (Å²) < 4.78 is 13.8. The largest absolute Gasteiger partial charge is 0.294 e. The Morgan fingerprint density at radius 1 is 1.50 bits per heavy atom. The summed E-state index contributed by atoms with van der Waals surface area (Å²) in [5.74, 6) is -0.418. The number of benzene rings is 1. The summed E-state index contributed by atoms with van der Waals surface area (Å²) in [6.07, 6.45) is 0. The van der Waals surface area contributed by atoms with Crippen LogP contribution in [0, 0.1) is 16.3 Å². The van der Waals surface area contributed by atoms with Crippen LogP contribution in [-0.4, -0.2) is 5.78 Å². The lowest BCUT2D eigenvalue weighted by molar-refractivity contribution is 0.101. The highest BCUT2D eigenvalue weighted by Crippen LogP contribution is 2.17. The maximum absolute atomic E-state index is 13.0. The second kappa shape index (κ2) is 3.51. The van der Waals surface area contributed by atoms with Gasteiger partial charge in [0.15, 0.2) is 5.78 Å². The molecule has 0 atom stereocenters. The van der Waals surface area contributed by atoms with Gasteiger partial charge in [-0.05, 0) is 54.1 Å². The Balaban J connectivity index is 3.33. The van der Waals surface area contributed by atoms with Crippen LogP contribution >= 0.6 is 22.6 Å². The van der Waals surface area contributed by atoms with Gasteiger partial charge in [-0.25, -0.2) is 4.39 Å². The highest BCUT2D eigenvalue weighted by molar-refractivity contribution is 14.1. The number of Topliss-reactive ketones (excluding diaryl/α,β-unsaturated/α-hetero) is 1. The predicted octanol–water partition coefficient (Wildman–Crippen LogP) is 2.94. The van der Waals surface area contributed by atoms with Crippen LogP contribution in [0.1, 0.15) is 22.8 Å². The van der Waals surface area contributed by atoms with Crippen molar-refractivity contribution in [3.8, 4) is 0 Å². The molecule has 0 amide bonds. The smallest absolute Gasteiger partial charge is 0.160 e. The first-order valence-corrected chi connectivity index (χ1v) is 4.57. The molecule has 0 saturated carbocycles. The fraction of sp³-hybridized carbons (Fsp3) is 0.222. The number of rotatable bonds is 1. The van der Waals surface area contributed by atoms with Crippen molar-refractivity contribution >= 4 is 28.4 Å². The molecule has 1 rings (SSSR count). The molecule has 0 aromatic heterocycles. The van der Waals surface area contributed by atoms with E-state index in [1.165, 1.54) is 13.0 Å². The van der Waals surface area contributed by atoms with Crippen molar-refractivity contribution in [3.63, 3.8) is 0 Å². The van der Waals surface area contributed by atoms with E-state index in [1.54, 1.807) is 13.0 Å². The van der Waals surface area contributed by atoms with E-state index in [1.807, 2.05) is 22.6 Å². The zero-order chi connectivity index (χ0) is 9.30. The third-order valence-corrected chi connectivity index (χ3v) is 2.52. The number of hydrogen-bond acceptors (Lipinski definition) is 1. The first-order valence-electron chi connectivity index (χ1n) is 3.49. The molecule has 1 aromatic rings. The van der Waals surface area contributed by atoms with Crippen LogP contribution < -0.4 is 0 Å². The summed E-state index contributed by atoms with van der Waals surface area (Å²) in [5.41, 5.74) is 1.03. The van der Waals surface area contributed by atoms with Gasteiger partial charge in [-0.15, -0.1) is 0 Å². The van der Waals surface area contributed by atoms with Crippen LogP contribution in [0.4, 0.5) is 4.39 Å². The molecule has 0 fully saturated rings. The van der Waals surface area contributed by atoms with Crippen LogP contribution in [-0.2, 0) is 0 Å². The van der Waals surface area contributed by atoms with Gasteiger partial charge in [-0.3, -0.25) is 4.79 Å². The molecule has 0 unspecified atom stereocenters. The molecule has 1 nitrogen and oxygen atoms in total. The molecule has 0 aliphatic heterocycles. The van der Waals surface area contributed by atoms with Crippen LogP contribution in [0.3, 0.4) is 0 Å². The molecular formula is C9H8FIO. The first kappa shape index (κ1) is 9.64. The van der Waals surface area contributed by atoms with E-state index in [-0.39, 0.29) is 11.6 Å². The monoisotopic (exact) mass is 278 g/mol. The highest BCUT2D eigenvalue weighted by atomic mass is 127. The van der Waals surface area contributed by atoms with Crippen LogP contribution in [0.2, 0.25) is 0 Å². The van der Waals surface area contributed by atoms with Crippen molar-refractivity contribution in [2.45, 2.75) is 13.8 Å². The fourth-order valence-corrected chi connectivity index (χ4v) is 1.92. The van der Waals surface area contributed by atoms with Gasteiger partial charge in [0.1, 0.15) is 5.82 Å². The molecule has 0 radical (unpaired) electrons. The minimum absolute atomic E-state index is 0.0988. The van der Waals surface area contributed by atoms with Crippen LogP contribution in [0.5, 0.6) is 0 Å². The Bertz CT molecular complexity index is 334. The van der Waals surface area contributed by atoms with Gasteiger partial charge in [0, 0.05) is 9.13 Å². The Morgan fingerprint density at radius 3 is 2.58 bits per heavy atom. The van der Waals surface area contributed by atoms with Crippen molar-refractivity contribution in [3.05, 3.63) is 32.6 Å². The Kier molecular flexibility index (Phi) is 2.82.